The van der Waals surface area contributed by atoms with Crippen LogP contribution in [0.4, 0.5) is 11.4 Å². The van der Waals surface area contributed by atoms with Gasteiger partial charge in [-0.3, -0.25) is 4.79 Å². The van der Waals surface area contributed by atoms with Crippen molar-refractivity contribution in [3.63, 3.8) is 0 Å². The minimum absolute atomic E-state index is 0.0305. The molecule has 0 saturated heterocycles. The Balaban J connectivity index is 1.90. The Morgan fingerprint density at radius 2 is 1.85 bits per heavy atom. The van der Waals surface area contributed by atoms with Gasteiger partial charge in [-0.2, -0.15) is 0 Å². The summed E-state index contributed by atoms with van der Waals surface area (Å²) in [5.41, 5.74) is 9.25. The monoisotopic (exact) mass is 270 g/mol. The van der Waals surface area contributed by atoms with Crippen LogP contribution in [-0.4, -0.2) is 12.5 Å². The van der Waals surface area contributed by atoms with Gasteiger partial charge in [-0.25, -0.2) is 0 Å². The van der Waals surface area contributed by atoms with Gasteiger partial charge >= 0.3 is 0 Å². The maximum atomic E-state index is 11.8. The third-order valence-electron chi connectivity index (χ3n) is 2.91. The molecule has 0 spiro atoms. The largest absolute Gasteiger partial charge is 0.484 e. The van der Waals surface area contributed by atoms with Crippen LogP contribution in [0.1, 0.15) is 11.1 Å². The van der Waals surface area contributed by atoms with Gasteiger partial charge in [-0.05, 0) is 49.7 Å². The van der Waals surface area contributed by atoms with E-state index >= 15 is 0 Å². The number of anilines is 2. The van der Waals surface area contributed by atoms with Crippen molar-refractivity contribution in [1.29, 1.82) is 0 Å². The average Bonchev–Trinajstić information content (AvgIpc) is 2.41. The van der Waals surface area contributed by atoms with E-state index in [9.17, 15) is 4.79 Å². The highest BCUT2D eigenvalue weighted by Gasteiger charge is 2.05. The maximum absolute atomic E-state index is 11.8. The first-order chi connectivity index (χ1) is 9.54. The number of ether oxygens (including phenoxy) is 1. The molecule has 0 aliphatic rings. The molecule has 0 fully saturated rings. The summed E-state index contributed by atoms with van der Waals surface area (Å²) in [4.78, 5) is 11.8. The van der Waals surface area contributed by atoms with E-state index in [2.05, 4.69) is 5.32 Å². The fourth-order valence-corrected chi connectivity index (χ4v) is 1.85. The second-order valence-electron chi connectivity index (χ2n) is 4.72. The summed E-state index contributed by atoms with van der Waals surface area (Å²) in [6.45, 7) is 3.95. The van der Waals surface area contributed by atoms with Crippen molar-refractivity contribution in [2.24, 2.45) is 0 Å². The lowest BCUT2D eigenvalue weighted by Crippen LogP contribution is -2.20. The second-order valence-corrected chi connectivity index (χ2v) is 4.72. The number of carbonyl (C=O) groups excluding carboxylic acids is 1. The van der Waals surface area contributed by atoms with Gasteiger partial charge in [0.15, 0.2) is 6.61 Å². The quantitative estimate of drug-likeness (QED) is 0.840. The number of amides is 1. The van der Waals surface area contributed by atoms with Crippen LogP contribution in [0, 0.1) is 13.8 Å². The standard InChI is InChI=1S/C16H18N2O2/c1-11-3-8-15(12(2)9-11)18-16(19)10-20-14-6-4-13(17)5-7-14/h3-9H,10,17H2,1-2H3,(H,18,19). The van der Waals surface area contributed by atoms with E-state index in [-0.39, 0.29) is 12.5 Å². The van der Waals surface area contributed by atoms with E-state index in [0.29, 0.717) is 11.4 Å². The molecule has 0 heterocycles. The highest BCUT2D eigenvalue weighted by molar-refractivity contribution is 5.92. The van der Waals surface area contributed by atoms with E-state index in [0.717, 1.165) is 11.3 Å². The van der Waals surface area contributed by atoms with Gasteiger partial charge in [0.25, 0.3) is 5.91 Å². The minimum Gasteiger partial charge on any atom is -0.484 e. The Hall–Kier alpha value is -2.49. The molecule has 0 aliphatic heterocycles. The van der Waals surface area contributed by atoms with Crippen molar-refractivity contribution in [3.8, 4) is 5.75 Å². The lowest BCUT2D eigenvalue weighted by atomic mass is 10.1. The number of hydrogen-bond donors (Lipinski definition) is 2. The fourth-order valence-electron chi connectivity index (χ4n) is 1.85. The number of nitrogens with one attached hydrogen (secondary N) is 1. The topological polar surface area (TPSA) is 64.3 Å². The molecule has 3 N–H and O–H groups in total. The molecule has 0 aromatic heterocycles. The Morgan fingerprint density at radius 1 is 1.15 bits per heavy atom. The maximum Gasteiger partial charge on any atom is 0.262 e. The first-order valence-corrected chi connectivity index (χ1v) is 6.40. The first kappa shape index (κ1) is 13.9. The molecule has 4 nitrogen and oxygen atoms in total. The molecular formula is C16H18N2O2. The molecule has 0 atom stereocenters. The molecule has 0 aliphatic carbocycles. The van der Waals surface area contributed by atoms with Gasteiger partial charge in [0.2, 0.25) is 0 Å². The Labute approximate surface area is 118 Å². The van der Waals surface area contributed by atoms with Crippen LogP contribution >= 0.6 is 0 Å². The number of nitrogens with two attached hydrogens (primary N) is 1. The van der Waals surface area contributed by atoms with Crippen LogP contribution in [0.3, 0.4) is 0 Å². The van der Waals surface area contributed by atoms with Crippen molar-refractivity contribution < 1.29 is 9.53 Å². The van der Waals surface area contributed by atoms with Crippen LogP contribution in [0.25, 0.3) is 0 Å². The van der Waals surface area contributed by atoms with Gasteiger partial charge in [-0.15, -0.1) is 0 Å². The molecule has 104 valence electrons. The number of rotatable bonds is 4. The van der Waals surface area contributed by atoms with Crippen LogP contribution in [0.15, 0.2) is 42.5 Å². The molecule has 2 rings (SSSR count). The van der Waals surface area contributed by atoms with Crippen molar-refractivity contribution in [2.45, 2.75) is 13.8 Å². The molecule has 2 aromatic rings. The minimum atomic E-state index is -0.186. The van der Waals surface area contributed by atoms with Crippen molar-refractivity contribution >= 4 is 17.3 Å². The van der Waals surface area contributed by atoms with Crippen LogP contribution in [-0.2, 0) is 4.79 Å². The fraction of sp³-hybridized carbons (Fsp3) is 0.188. The third-order valence-corrected chi connectivity index (χ3v) is 2.91. The summed E-state index contributed by atoms with van der Waals surface area (Å²) >= 11 is 0. The van der Waals surface area contributed by atoms with Gasteiger partial charge in [0.1, 0.15) is 5.75 Å². The molecule has 1 amide bonds. The normalized spacial score (nSPS) is 10.1. The van der Waals surface area contributed by atoms with Crippen molar-refractivity contribution in [3.05, 3.63) is 53.6 Å². The number of benzene rings is 2. The SMILES string of the molecule is Cc1ccc(NC(=O)COc2ccc(N)cc2)c(C)c1. The van der Waals surface area contributed by atoms with Crippen LogP contribution < -0.4 is 15.8 Å². The van der Waals surface area contributed by atoms with Gasteiger partial charge < -0.3 is 15.8 Å². The van der Waals surface area contributed by atoms with E-state index < -0.39 is 0 Å². The predicted molar refractivity (Wildman–Crippen MR) is 80.9 cm³/mol. The zero-order valence-corrected chi connectivity index (χ0v) is 11.6. The lowest BCUT2D eigenvalue weighted by Gasteiger charge is -2.10. The first-order valence-electron chi connectivity index (χ1n) is 6.40. The number of hydrogen-bond acceptors (Lipinski definition) is 3. The average molecular weight is 270 g/mol. The van der Waals surface area contributed by atoms with E-state index in [4.69, 9.17) is 10.5 Å². The molecule has 20 heavy (non-hydrogen) atoms. The van der Waals surface area contributed by atoms with Crippen molar-refractivity contribution in [1.82, 2.24) is 0 Å². The van der Waals surface area contributed by atoms with E-state index in [1.165, 1.54) is 5.56 Å². The second kappa shape index (κ2) is 6.10. The molecule has 0 bridgehead atoms. The summed E-state index contributed by atoms with van der Waals surface area (Å²) in [7, 11) is 0. The molecule has 0 radical (unpaired) electrons. The lowest BCUT2D eigenvalue weighted by molar-refractivity contribution is -0.118. The summed E-state index contributed by atoms with van der Waals surface area (Å²) in [5.74, 6) is 0.434. The summed E-state index contributed by atoms with van der Waals surface area (Å²) in [5, 5.41) is 2.83. The van der Waals surface area contributed by atoms with E-state index in [1.54, 1.807) is 24.3 Å². The Morgan fingerprint density at radius 3 is 2.50 bits per heavy atom. The van der Waals surface area contributed by atoms with Crippen LogP contribution in [0.2, 0.25) is 0 Å². The highest BCUT2D eigenvalue weighted by atomic mass is 16.5. The summed E-state index contributed by atoms with van der Waals surface area (Å²) < 4.78 is 5.39. The smallest absolute Gasteiger partial charge is 0.262 e. The number of nitrogen functional groups attached to an aromatic ring is 1. The summed E-state index contributed by atoms with van der Waals surface area (Å²) in [6.07, 6.45) is 0. The third kappa shape index (κ3) is 3.75. The molecular weight excluding hydrogens is 252 g/mol. The van der Waals surface area contributed by atoms with Crippen LogP contribution in [0.5, 0.6) is 5.75 Å². The predicted octanol–water partition coefficient (Wildman–Crippen LogP) is 2.90. The zero-order chi connectivity index (χ0) is 14.5. The Kier molecular flexibility index (Phi) is 4.25. The number of aryl methyl sites for hydroxylation is 2. The molecule has 0 saturated carbocycles. The molecule has 2 aromatic carbocycles. The Bertz CT molecular complexity index is 606. The van der Waals surface area contributed by atoms with E-state index in [1.807, 2.05) is 32.0 Å². The highest BCUT2D eigenvalue weighted by Crippen LogP contribution is 2.16. The number of carbonyl (C=O) groups is 1. The van der Waals surface area contributed by atoms with Crippen molar-refractivity contribution in [2.75, 3.05) is 17.7 Å². The van der Waals surface area contributed by atoms with Gasteiger partial charge in [0.05, 0.1) is 0 Å². The molecule has 4 heteroatoms. The van der Waals surface area contributed by atoms with Gasteiger partial charge in [0, 0.05) is 11.4 Å². The zero-order valence-electron chi connectivity index (χ0n) is 11.6. The summed E-state index contributed by atoms with van der Waals surface area (Å²) in [6, 6.07) is 12.8. The molecule has 0 unspecified atom stereocenters. The van der Waals surface area contributed by atoms with Gasteiger partial charge in [-0.1, -0.05) is 17.7 Å².